The molecule has 7 heterocycles. The molecule has 18 heteroatoms. The van der Waals surface area contributed by atoms with Crippen LogP contribution < -0.4 is 22.1 Å². The fraction of sp³-hybridized carbons (Fsp3) is 0.314. The molecule has 1 aliphatic heterocycles. The predicted octanol–water partition coefficient (Wildman–Crippen LogP) is 4.73. The molecule has 2 atom stereocenters. The van der Waals surface area contributed by atoms with Gasteiger partial charge in [0.1, 0.15) is 0 Å². The molecule has 1 amide bonds. The lowest BCUT2D eigenvalue weighted by Crippen LogP contribution is -2.53. The highest BCUT2D eigenvalue weighted by molar-refractivity contribution is 7.23. The summed E-state index contributed by atoms with van der Waals surface area (Å²) in [5, 5.41) is 34.6. The number of nitrogens with two attached hydrogens (primary N) is 2. The fourth-order valence-electron chi connectivity index (χ4n) is 5.27. The van der Waals surface area contributed by atoms with Gasteiger partial charge in [0.2, 0.25) is 11.9 Å². The minimum absolute atomic E-state index is 0.0533. The Morgan fingerprint density at radius 1 is 0.774 bits per heavy atom. The van der Waals surface area contributed by atoms with Gasteiger partial charge in [0.25, 0.3) is 5.91 Å². The number of aliphatic hydroxyl groups excluding tert-OH is 2. The van der Waals surface area contributed by atoms with E-state index in [-0.39, 0.29) is 35.7 Å². The first kappa shape index (κ1) is 37.2. The van der Waals surface area contributed by atoms with Gasteiger partial charge in [-0.3, -0.25) is 14.8 Å². The summed E-state index contributed by atoms with van der Waals surface area (Å²) in [4.78, 5) is 51.6. The summed E-state index contributed by atoms with van der Waals surface area (Å²) in [6.45, 7) is 4.49. The van der Waals surface area contributed by atoms with E-state index in [0.29, 0.717) is 55.2 Å². The van der Waals surface area contributed by atoms with Crippen molar-refractivity contribution in [3.8, 4) is 0 Å². The summed E-state index contributed by atoms with van der Waals surface area (Å²) in [5.74, 6) is -0.750. The Morgan fingerprint density at radius 3 is 1.64 bits per heavy atom. The number of likely N-dealkylation sites (tertiary alicyclic amines) is 1. The van der Waals surface area contributed by atoms with Crippen molar-refractivity contribution >= 4 is 76.9 Å². The molecule has 1 saturated carbocycles. The zero-order valence-electron chi connectivity index (χ0n) is 28.9. The SMILES string of the molecule is C[C@H](Nc1nc(C(=O)N2CC(O)C2)c2sc(N)cc2n1)c1ccccn1.C[C@H](Nc1nc(C(=O)O)c2sc(N)cc2n1)c1ccccn1.OC1CCC1. The number of nitrogens with one attached hydrogen (secondary N) is 2. The molecule has 276 valence electrons. The zero-order chi connectivity index (χ0) is 37.6. The van der Waals surface area contributed by atoms with E-state index in [0.717, 1.165) is 35.6 Å². The Balaban J connectivity index is 0.000000162. The second kappa shape index (κ2) is 16.4. The van der Waals surface area contributed by atoms with E-state index in [9.17, 15) is 19.8 Å². The minimum atomic E-state index is -1.11. The number of aromatic nitrogens is 6. The second-order valence-corrected chi connectivity index (χ2v) is 14.7. The van der Waals surface area contributed by atoms with Crippen LogP contribution in [-0.4, -0.2) is 87.3 Å². The monoisotopic (exact) mass is 757 g/mol. The Bertz CT molecular complexity index is 2190. The molecule has 6 aromatic rings. The molecule has 2 fully saturated rings. The molecule has 0 bridgehead atoms. The highest BCUT2D eigenvalue weighted by Gasteiger charge is 2.32. The van der Waals surface area contributed by atoms with Crippen LogP contribution in [0, 0.1) is 0 Å². The van der Waals surface area contributed by atoms with Gasteiger partial charge in [-0.25, -0.2) is 24.7 Å². The molecule has 0 spiro atoms. The largest absolute Gasteiger partial charge is 0.476 e. The highest BCUT2D eigenvalue weighted by atomic mass is 32.1. The van der Waals surface area contributed by atoms with Gasteiger partial charge in [-0.05, 0) is 69.5 Å². The number of pyridine rings is 2. The quantitative estimate of drug-likeness (QED) is 0.111. The lowest BCUT2D eigenvalue weighted by atomic mass is 9.97. The number of fused-ring (bicyclic) bond motifs is 2. The molecule has 9 N–H and O–H groups in total. The number of carboxylic acids is 1. The molecule has 0 aromatic carbocycles. The van der Waals surface area contributed by atoms with Gasteiger partial charge in [-0.2, -0.15) is 0 Å². The highest BCUT2D eigenvalue weighted by Crippen LogP contribution is 2.32. The van der Waals surface area contributed by atoms with Crippen LogP contribution in [0.15, 0.2) is 60.9 Å². The smallest absolute Gasteiger partial charge is 0.356 e. The molecule has 16 nitrogen and oxygen atoms in total. The number of β-amino-alcohol motifs (C(OH)–C–C–N with tert-alkyl or cyclic N) is 1. The summed E-state index contributed by atoms with van der Waals surface area (Å²) in [5.41, 5.74) is 14.7. The topological polar surface area (TPSA) is 252 Å². The van der Waals surface area contributed by atoms with Crippen LogP contribution in [0.25, 0.3) is 20.4 Å². The Hall–Kier alpha value is -5.56. The van der Waals surface area contributed by atoms with Crippen molar-refractivity contribution in [3.05, 3.63) is 83.7 Å². The Kier molecular flexibility index (Phi) is 11.5. The first-order valence-electron chi connectivity index (χ1n) is 16.8. The third kappa shape index (κ3) is 9.09. The van der Waals surface area contributed by atoms with E-state index in [1.54, 1.807) is 29.4 Å². The number of rotatable bonds is 8. The van der Waals surface area contributed by atoms with Gasteiger partial charge in [-0.15, -0.1) is 22.7 Å². The van der Waals surface area contributed by atoms with Crippen LogP contribution in [0.3, 0.4) is 0 Å². The second-order valence-electron chi connectivity index (χ2n) is 12.5. The fourth-order valence-corrected chi connectivity index (χ4v) is 6.96. The standard InChI is InChI=1S/C17H18N6O2S.C14H13N5O2S.C4H8O/c1-9(11-4-2-3-5-19-11)20-17-21-12-6-13(18)26-15(12)14(22-17)16(25)23-7-10(24)8-23;1-7(8-4-2-3-5-16-8)17-14-18-9-6-10(15)22-12(9)11(19-14)13(20)21;5-4-2-1-3-4/h2-6,9-10,24H,7-8,18H2,1H3,(H,20,21,22);2-7H,15H2,1H3,(H,20,21)(H,17,18,19);4-5H,1-3H2/t9-;7-;/m00./s1. The lowest BCUT2D eigenvalue weighted by molar-refractivity contribution is 0.00567. The molecular weight excluding hydrogens is 719 g/mol. The van der Waals surface area contributed by atoms with Gasteiger partial charge in [0.15, 0.2) is 11.4 Å². The number of nitrogens with zero attached hydrogens (tertiary/aromatic N) is 7. The van der Waals surface area contributed by atoms with E-state index in [1.165, 1.54) is 17.8 Å². The predicted molar refractivity (Wildman–Crippen MR) is 205 cm³/mol. The number of carbonyl (C=O) groups is 2. The first-order chi connectivity index (χ1) is 25.4. The number of hydrogen-bond donors (Lipinski definition) is 7. The molecular formula is C35H39N11O5S2. The lowest BCUT2D eigenvalue weighted by Gasteiger charge is -2.35. The van der Waals surface area contributed by atoms with Crippen LogP contribution in [0.1, 0.15) is 77.6 Å². The molecule has 8 rings (SSSR count). The van der Waals surface area contributed by atoms with Gasteiger partial charge < -0.3 is 42.3 Å². The van der Waals surface area contributed by atoms with Crippen molar-refractivity contribution in [2.75, 3.05) is 35.2 Å². The van der Waals surface area contributed by atoms with Crippen LogP contribution in [0.4, 0.5) is 21.9 Å². The van der Waals surface area contributed by atoms with Gasteiger partial charge in [0, 0.05) is 25.5 Å². The maximum atomic E-state index is 12.8. The number of aromatic carboxylic acids is 1. The van der Waals surface area contributed by atoms with E-state index >= 15 is 0 Å². The van der Waals surface area contributed by atoms with E-state index in [4.69, 9.17) is 16.6 Å². The van der Waals surface area contributed by atoms with Crippen molar-refractivity contribution < 1.29 is 24.9 Å². The number of thiophene rings is 2. The molecule has 6 aromatic heterocycles. The number of hydrogen-bond acceptors (Lipinski definition) is 16. The number of anilines is 4. The van der Waals surface area contributed by atoms with Crippen LogP contribution in [-0.2, 0) is 0 Å². The number of nitrogen functional groups attached to an aromatic ring is 2. The van der Waals surface area contributed by atoms with Gasteiger partial charge in [-0.1, -0.05) is 12.1 Å². The van der Waals surface area contributed by atoms with Crippen molar-refractivity contribution in [2.24, 2.45) is 0 Å². The van der Waals surface area contributed by atoms with Crippen molar-refractivity contribution in [1.29, 1.82) is 0 Å². The van der Waals surface area contributed by atoms with Crippen molar-refractivity contribution in [2.45, 2.75) is 57.4 Å². The minimum Gasteiger partial charge on any atom is -0.476 e. The molecule has 2 aliphatic rings. The third-order valence-corrected chi connectivity index (χ3v) is 10.3. The molecule has 0 unspecified atom stereocenters. The number of carboxylic acid groups (broad SMARTS) is 1. The number of aliphatic hydroxyl groups is 2. The number of carbonyl (C=O) groups excluding carboxylic acids is 1. The summed E-state index contributed by atoms with van der Waals surface area (Å²) < 4.78 is 1.13. The first-order valence-corrected chi connectivity index (χ1v) is 18.5. The molecule has 0 radical (unpaired) electrons. The molecule has 1 saturated heterocycles. The number of amides is 1. The van der Waals surface area contributed by atoms with Gasteiger partial charge >= 0.3 is 5.97 Å². The summed E-state index contributed by atoms with van der Waals surface area (Å²) in [7, 11) is 0. The normalized spacial score (nSPS) is 15.2. The Labute approximate surface area is 312 Å². The summed E-state index contributed by atoms with van der Waals surface area (Å²) in [6, 6.07) is 14.4. The van der Waals surface area contributed by atoms with Crippen molar-refractivity contribution in [3.63, 3.8) is 0 Å². The average molecular weight is 758 g/mol. The van der Waals surface area contributed by atoms with E-state index in [1.807, 2.05) is 50.2 Å². The van der Waals surface area contributed by atoms with Crippen LogP contribution >= 0.6 is 22.7 Å². The van der Waals surface area contributed by atoms with Gasteiger partial charge in [0.05, 0.1) is 66.1 Å². The zero-order valence-corrected chi connectivity index (χ0v) is 30.5. The molecule has 53 heavy (non-hydrogen) atoms. The van der Waals surface area contributed by atoms with Crippen LogP contribution in [0.2, 0.25) is 0 Å². The third-order valence-electron chi connectivity index (χ3n) is 8.36. The van der Waals surface area contributed by atoms with Crippen LogP contribution in [0.5, 0.6) is 0 Å². The summed E-state index contributed by atoms with van der Waals surface area (Å²) in [6.07, 6.45) is 6.34. The molecule has 1 aliphatic carbocycles. The van der Waals surface area contributed by atoms with E-state index in [2.05, 4.69) is 40.5 Å². The average Bonchev–Trinajstić information content (AvgIpc) is 3.70. The maximum absolute atomic E-state index is 12.8. The summed E-state index contributed by atoms with van der Waals surface area (Å²) >= 11 is 2.45. The Morgan fingerprint density at radius 2 is 1.25 bits per heavy atom. The van der Waals surface area contributed by atoms with E-state index < -0.39 is 12.1 Å². The van der Waals surface area contributed by atoms with Crippen molar-refractivity contribution in [1.82, 2.24) is 34.8 Å². The maximum Gasteiger partial charge on any atom is 0.356 e.